The molecule has 4 bridgehead atoms. The predicted octanol–water partition coefficient (Wildman–Crippen LogP) is 3.53. The average Bonchev–Trinajstić information content (AvgIpc) is 2.70. The Balaban J connectivity index is 1.25. The van der Waals surface area contributed by atoms with Gasteiger partial charge < -0.3 is 19.5 Å². The van der Waals surface area contributed by atoms with E-state index in [0.29, 0.717) is 17.4 Å². The van der Waals surface area contributed by atoms with E-state index in [1.165, 1.54) is 25.7 Å². The maximum absolute atomic E-state index is 12.6. The molecule has 5 rings (SSSR count). The lowest BCUT2D eigenvalue weighted by Crippen LogP contribution is -2.48. The van der Waals surface area contributed by atoms with Crippen molar-refractivity contribution in [1.82, 2.24) is 5.32 Å². The van der Waals surface area contributed by atoms with Crippen molar-refractivity contribution in [3.8, 4) is 11.5 Å². The van der Waals surface area contributed by atoms with Crippen LogP contribution in [0.25, 0.3) is 0 Å². The third-order valence-corrected chi connectivity index (χ3v) is 6.78. The Morgan fingerprint density at radius 1 is 1.07 bits per heavy atom. The van der Waals surface area contributed by atoms with E-state index in [1.807, 2.05) is 0 Å². The lowest BCUT2D eigenvalue weighted by Gasteiger charge is -2.53. The van der Waals surface area contributed by atoms with Crippen molar-refractivity contribution in [1.29, 1.82) is 0 Å². The van der Waals surface area contributed by atoms with Gasteiger partial charge >= 0.3 is 12.6 Å². The van der Waals surface area contributed by atoms with Crippen LogP contribution >= 0.6 is 0 Å². The van der Waals surface area contributed by atoms with Gasteiger partial charge in [-0.3, -0.25) is 9.59 Å². The van der Waals surface area contributed by atoms with Crippen LogP contribution in [-0.2, 0) is 20.9 Å². The molecule has 0 aromatic heterocycles. The SMILES string of the molecule is COc1cc(CNC(=O)COC(=O)C2C3CC4CC(C3)CC2C4)ccc1OC(F)F. The normalized spacial score (nSPS) is 29.0. The van der Waals surface area contributed by atoms with Crippen LogP contribution in [0.2, 0.25) is 0 Å². The van der Waals surface area contributed by atoms with Crippen LogP contribution in [-0.4, -0.2) is 32.2 Å². The molecule has 0 saturated heterocycles. The number of hydrogen-bond acceptors (Lipinski definition) is 5. The summed E-state index contributed by atoms with van der Waals surface area (Å²) in [5.74, 6) is 1.74. The summed E-state index contributed by atoms with van der Waals surface area (Å²) in [6, 6.07) is 4.43. The molecule has 1 N–H and O–H groups in total. The van der Waals surface area contributed by atoms with E-state index in [-0.39, 0.29) is 36.5 Å². The van der Waals surface area contributed by atoms with Crippen LogP contribution in [0.1, 0.15) is 37.7 Å². The second kappa shape index (κ2) is 8.78. The molecule has 0 spiro atoms. The van der Waals surface area contributed by atoms with Crippen molar-refractivity contribution < 1.29 is 32.6 Å². The van der Waals surface area contributed by atoms with Crippen LogP contribution in [0, 0.1) is 29.6 Å². The van der Waals surface area contributed by atoms with Gasteiger partial charge in [0.25, 0.3) is 5.91 Å². The Hall–Kier alpha value is -2.38. The van der Waals surface area contributed by atoms with Crippen molar-refractivity contribution in [2.45, 2.75) is 45.3 Å². The van der Waals surface area contributed by atoms with Crippen molar-refractivity contribution in [2.24, 2.45) is 29.6 Å². The number of esters is 1. The molecular weight excluding hydrogens is 396 g/mol. The minimum atomic E-state index is -2.95. The molecule has 0 heterocycles. The fourth-order valence-electron chi connectivity index (χ4n) is 5.81. The molecular formula is C22H27F2NO5. The first-order valence-electron chi connectivity index (χ1n) is 10.5. The molecule has 0 unspecified atom stereocenters. The second-order valence-corrected chi connectivity index (χ2v) is 8.70. The average molecular weight is 423 g/mol. The molecule has 1 aromatic rings. The third-order valence-electron chi connectivity index (χ3n) is 6.78. The Bertz CT molecular complexity index is 772. The number of methoxy groups -OCH3 is 1. The van der Waals surface area contributed by atoms with Crippen molar-refractivity contribution >= 4 is 11.9 Å². The van der Waals surface area contributed by atoms with Gasteiger partial charge in [-0.1, -0.05) is 6.07 Å². The first-order valence-corrected chi connectivity index (χ1v) is 10.5. The van der Waals surface area contributed by atoms with Crippen LogP contribution < -0.4 is 14.8 Å². The minimum Gasteiger partial charge on any atom is -0.493 e. The number of benzene rings is 1. The van der Waals surface area contributed by atoms with Crippen molar-refractivity contribution in [3.05, 3.63) is 23.8 Å². The quantitative estimate of drug-likeness (QED) is 0.648. The van der Waals surface area contributed by atoms with E-state index in [1.54, 1.807) is 6.07 Å². The van der Waals surface area contributed by atoms with Gasteiger partial charge in [-0.2, -0.15) is 8.78 Å². The van der Waals surface area contributed by atoms with Gasteiger partial charge in [0.1, 0.15) is 0 Å². The minimum absolute atomic E-state index is 0.0581. The summed E-state index contributed by atoms with van der Waals surface area (Å²) in [5.41, 5.74) is 0.647. The van der Waals surface area contributed by atoms with Gasteiger partial charge in [-0.25, -0.2) is 0 Å². The largest absolute Gasteiger partial charge is 0.493 e. The first-order chi connectivity index (χ1) is 14.4. The highest BCUT2D eigenvalue weighted by atomic mass is 19.3. The third kappa shape index (κ3) is 4.52. The molecule has 0 radical (unpaired) electrons. The number of rotatable bonds is 8. The molecule has 4 aliphatic rings. The number of carbonyl (C=O) groups is 2. The van der Waals surface area contributed by atoms with Gasteiger partial charge in [0.2, 0.25) is 0 Å². The Morgan fingerprint density at radius 2 is 1.73 bits per heavy atom. The molecule has 1 amide bonds. The van der Waals surface area contributed by atoms with Crippen molar-refractivity contribution in [3.63, 3.8) is 0 Å². The van der Waals surface area contributed by atoms with Crippen LogP contribution in [0.15, 0.2) is 18.2 Å². The molecule has 4 fully saturated rings. The molecule has 164 valence electrons. The number of carbonyl (C=O) groups excluding carboxylic acids is 2. The molecule has 30 heavy (non-hydrogen) atoms. The standard InChI is InChI=1S/C22H27F2NO5/c1-28-18-9-12(2-3-17(18)30-22(23)24)10-25-19(26)11-29-21(27)20-15-5-13-4-14(7-15)8-16(20)6-13/h2-3,9,13-16,20,22H,4-8,10-11H2,1H3,(H,25,26). The van der Waals surface area contributed by atoms with Gasteiger partial charge in [0.05, 0.1) is 13.0 Å². The van der Waals surface area contributed by atoms with E-state index in [0.717, 1.165) is 37.5 Å². The van der Waals surface area contributed by atoms with E-state index in [9.17, 15) is 18.4 Å². The molecule has 6 nitrogen and oxygen atoms in total. The monoisotopic (exact) mass is 423 g/mol. The maximum atomic E-state index is 12.6. The summed E-state index contributed by atoms with van der Waals surface area (Å²) in [7, 11) is 1.35. The number of hydrogen-bond donors (Lipinski definition) is 1. The molecule has 4 aliphatic carbocycles. The van der Waals surface area contributed by atoms with Gasteiger partial charge in [0.15, 0.2) is 18.1 Å². The van der Waals surface area contributed by atoms with E-state index >= 15 is 0 Å². The van der Waals surface area contributed by atoms with Crippen molar-refractivity contribution in [2.75, 3.05) is 13.7 Å². The lowest BCUT2D eigenvalue weighted by atomic mass is 9.52. The lowest BCUT2D eigenvalue weighted by molar-refractivity contribution is -0.164. The van der Waals surface area contributed by atoms with E-state index in [2.05, 4.69) is 10.1 Å². The predicted molar refractivity (Wildman–Crippen MR) is 103 cm³/mol. The number of alkyl halides is 2. The zero-order chi connectivity index (χ0) is 21.3. The highest BCUT2D eigenvalue weighted by Gasteiger charge is 2.51. The molecule has 8 heteroatoms. The maximum Gasteiger partial charge on any atom is 0.387 e. The number of amides is 1. The fourth-order valence-corrected chi connectivity index (χ4v) is 5.81. The molecule has 4 saturated carbocycles. The fraction of sp³-hybridized carbons (Fsp3) is 0.636. The second-order valence-electron chi connectivity index (χ2n) is 8.70. The summed E-state index contributed by atoms with van der Waals surface area (Å²) in [4.78, 5) is 24.8. The zero-order valence-electron chi connectivity index (χ0n) is 16.9. The Morgan fingerprint density at radius 3 is 2.33 bits per heavy atom. The Kier molecular flexibility index (Phi) is 6.11. The topological polar surface area (TPSA) is 73.9 Å². The number of halogens is 2. The Labute approximate surface area is 174 Å². The molecule has 1 aromatic carbocycles. The van der Waals surface area contributed by atoms with Crippen LogP contribution in [0.3, 0.4) is 0 Å². The van der Waals surface area contributed by atoms with Crippen LogP contribution in [0.4, 0.5) is 8.78 Å². The summed E-state index contributed by atoms with van der Waals surface area (Å²) < 4.78 is 39.6. The summed E-state index contributed by atoms with van der Waals surface area (Å²) in [5, 5.41) is 2.67. The highest BCUT2D eigenvalue weighted by Crippen LogP contribution is 2.56. The summed E-state index contributed by atoms with van der Waals surface area (Å²) >= 11 is 0. The van der Waals surface area contributed by atoms with E-state index < -0.39 is 12.5 Å². The summed E-state index contributed by atoms with van der Waals surface area (Å²) in [6.45, 7) is -3.11. The van der Waals surface area contributed by atoms with E-state index in [4.69, 9.17) is 9.47 Å². The zero-order valence-corrected chi connectivity index (χ0v) is 16.9. The molecule has 0 aliphatic heterocycles. The van der Waals surface area contributed by atoms with Gasteiger partial charge in [0, 0.05) is 6.54 Å². The number of ether oxygens (including phenoxy) is 3. The van der Waals surface area contributed by atoms with Gasteiger partial charge in [-0.05, 0) is 73.5 Å². The number of nitrogens with one attached hydrogen (secondary N) is 1. The first kappa shape index (κ1) is 20.9. The summed E-state index contributed by atoms with van der Waals surface area (Å²) in [6.07, 6.45) is 5.79. The smallest absolute Gasteiger partial charge is 0.387 e. The highest BCUT2D eigenvalue weighted by molar-refractivity contribution is 5.81. The van der Waals surface area contributed by atoms with Crippen LogP contribution in [0.5, 0.6) is 11.5 Å². The van der Waals surface area contributed by atoms with Gasteiger partial charge in [-0.15, -0.1) is 0 Å². The molecule has 0 atom stereocenters.